The fraction of sp³-hybridized carbons (Fsp3) is 0.200. The minimum Gasteiger partial charge on any atom is -0.490 e. The second-order valence-electron chi connectivity index (χ2n) is 4.53. The molecule has 18 heavy (non-hydrogen) atoms. The van der Waals surface area contributed by atoms with E-state index in [9.17, 15) is 4.39 Å². The summed E-state index contributed by atoms with van der Waals surface area (Å²) in [6.07, 6.45) is 0.838. The summed E-state index contributed by atoms with van der Waals surface area (Å²) in [7, 11) is 1.74. The third-order valence-electron chi connectivity index (χ3n) is 2.85. The Morgan fingerprint density at radius 1 is 1.17 bits per heavy atom. The molecule has 3 heteroatoms. The highest BCUT2D eigenvalue weighted by Gasteiger charge is 2.07. The van der Waals surface area contributed by atoms with E-state index in [-0.39, 0.29) is 11.9 Å². The summed E-state index contributed by atoms with van der Waals surface area (Å²) < 4.78 is 19.1. The zero-order valence-corrected chi connectivity index (χ0v) is 10.7. The number of hydrogen-bond donors (Lipinski definition) is 0. The maximum atomic E-state index is 13.4. The molecule has 2 rings (SSSR count). The van der Waals surface area contributed by atoms with Gasteiger partial charge in [0, 0.05) is 12.5 Å². The number of ether oxygens (including phenoxy) is 1. The van der Waals surface area contributed by atoms with E-state index in [4.69, 9.17) is 4.74 Å². The lowest BCUT2D eigenvalue weighted by molar-refractivity contribution is 0.221. The molecule has 0 aliphatic carbocycles. The summed E-state index contributed by atoms with van der Waals surface area (Å²) in [6.45, 7) is 1.99. The van der Waals surface area contributed by atoms with Gasteiger partial charge in [-0.2, -0.15) is 0 Å². The Kier molecular flexibility index (Phi) is 4.03. The van der Waals surface area contributed by atoms with Gasteiger partial charge in [0.2, 0.25) is 0 Å². The SMILES string of the molecule is Bc1ccc(OC(C)Cc2ccccc2)cc1F. The molecular formula is C15H16BFO. The zero-order chi connectivity index (χ0) is 13.0. The van der Waals surface area contributed by atoms with Gasteiger partial charge in [0.05, 0.1) is 6.10 Å². The van der Waals surface area contributed by atoms with Crippen LogP contribution in [0, 0.1) is 5.82 Å². The first-order valence-corrected chi connectivity index (χ1v) is 6.12. The molecule has 0 saturated heterocycles. The van der Waals surface area contributed by atoms with Crippen LogP contribution in [-0.4, -0.2) is 14.0 Å². The number of rotatable bonds is 4. The maximum Gasteiger partial charge on any atom is 0.143 e. The first kappa shape index (κ1) is 12.7. The van der Waals surface area contributed by atoms with Crippen LogP contribution in [0.15, 0.2) is 48.5 Å². The van der Waals surface area contributed by atoms with Crippen LogP contribution in [0.5, 0.6) is 5.75 Å². The van der Waals surface area contributed by atoms with E-state index in [1.165, 1.54) is 11.6 Å². The van der Waals surface area contributed by atoms with Gasteiger partial charge in [-0.05, 0) is 18.6 Å². The third kappa shape index (κ3) is 3.36. The molecular weight excluding hydrogens is 226 g/mol. The number of hydrogen-bond acceptors (Lipinski definition) is 1. The predicted molar refractivity (Wildman–Crippen MR) is 74.8 cm³/mol. The molecule has 0 aliphatic rings. The van der Waals surface area contributed by atoms with Crippen LogP contribution in [0.25, 0.3) is 0 Å². The third-order valence-corrected chi connectivity index (χ3v) is 2.85. The Hall–Kier alpha value is -1.77. The van der Waals surface area contributed by atoms with E-state index >= 15 is 0 Å². The molecule has 2 aromatic carbocycles. The largest absolute Gasteiger partial charge is 0.490 e. The Morgan fingerprint density at radius 3 is 2.56 bits per heavy atom. The molecule has 0 fully saturated rings. The minimum absolute atomic E-state index is 0.0227. The Labute approximate surface area is 108 Å². The van der Waals surface area contributed by atoms with Crippen molar-refractivity contribution >= 4 is 13.3 Å². The monoisotopic (exact) mass is 242 g/mol. The first-order valence-electron chi connectivity index (χ1n) is 6.12. The molecule has 0 aliphatic heterocycles. The lowest BCUT2D eigenvalue weighted by Crippen LogP contribution is -2.16. The summed E-state index contributed by atoms with van der Waals surface area (Å²) in [4.78, 5) is 0. The Balaban J connectivity index is 1.99. The molecule has 0 saturated carbocycles. The van der Waals surface area contributed by atoms with E-state index in [0.717, 1.165) is 6.42 Å². The lowest BCUT2D eigenvalue weighted by Gasteiger charge is -2.15. The highest BCUT2D eigenvalue weighted by atomic mass is 19.1. The second kappa shape index (κ2) is 5.72. The van der Waals surface area contributed by atoms with Gasteiger partial charge in [0.15, 0.2) is 0 Å². The molecule has 1 unspecified atom stereocenters. The van der Waals surface area contributed by atoms with E-state index in [1.54, 1.807) is 20.0 Å². The average Bonchev–Trinajstić information content (AvgIpc) is 2.35. The van der Waals surface area contributed by atoms with E-state index in [1.807, 2.05) is 25.1 Å². The molecule has 0 aromatic heterocycles. The van der Waals surface area contributed by atoms with Gasteiger partial charge in [0.1, 0.15) is 19.4 Å². The summed E-state index contributed by atoms with van der Waals surface area (Å²) in [5, 5.41) is 0. The van der Waals surface area contributed by atoms with Crippen LogP contribution >= 0.6 is 0 Å². The smallest absolute Gasteiger partial charge is 0.143 e. The minimum atomic E-state index is -0.223. The zero-order valence-electron chi connectivity index (χ0n) is 10.7. The molecule has 0 amide bonds. The molecule has 0 bridgehead atoms. The highest BCUT2D eigenvalue weighted by Crippen LogP contribution is 2.14. The quantitative estimate of drug-likeness (QED) is 0.746. The number of halogens is 1. The summed E-state index contributed by atoms with van der Waals surface area (Å²) in [5.41, 5.74) is 1.86. The van der Waals surface area contributed by atoms with Gasteiger partial charge in [-0.1, -0.05) is 41.9 Å². The van der Waals surface area contributed by atoms with Crippen LogP contribution in [-0.2, 0) is 6.42 Å². The molecule has 1 nitrogen and oxygen atoms in total. The summed E-state index contributed by atoms with van der Waals surface area (Å²) in [6, 6.07) is 15.1. The van der Waals surface area contributed by atoms with Crippen molar-refractivity contribution < 1.29 is 9.13 Å². The lowest BCUT2D eigenvalue weighted by atomic mass is 9.96. The average molecular weight is 242 g/mol. The van der Waals surface area contributed by atoms with Crippen LogP contribution in [0.3, 0.4) is 0 Å². The molecule has 0 heterocycles. The van der Waals surface area contributed by atoms with Crippen molar-refractivity contribution in [2.24, 2.45) is 0 Å². The van der Waals surface area contributed by atoms with Crippen molar-refractivity contribution in [3.8, 4) is 5.75 Å². The van der Waals surface area contributed by atoms with Crippen molar-refractivity contribution in [1.29, 1.82) is 0 Å². The van der Waals surface area contributed by atoms with E-state index in [2.05, 4.69) is 12.1 Å². The molecule has 1 atom stereocenters. The Morgan fingerprint density at radius 2 is 1.89 bits per heavy atom. The fourth-order valence-electron chi connectivity index (χ4n) is 1.87. The molecule has 0 spiro atoms. The Bertz CT molecular complexity index is 513. The second-order valence-corrected chi connectivity index (χ2v) is 4.53. The van der Waals surface area contributed by atoms with Gasteiger partial charge in [-0.3, -0.25) is 0 Å². The molecule has 0 N–H and O–H groups in total. The maximum absolute atomic E-state index is 13.4. The van der Waals surface area contributed by atoms with Crippen LogP contribution in [0.2, 0.25) is 0 Å². The van der Waals surface area contributed by atoms with Crippen molar-refractivity contribution in [3.05, 3.63) is 59.9 Å². The van der Waals surface area contributed by atoms with Crippen LogP contribution in [0.1, 0.15) is 12.5 Å². The van der Waals surface area contributed by atoms with Crippen molar-refractivity contribution in [3.63, 3.8) is 0 Å². The van der Waals surface area contributed by atoms with Crippen molar-refractivity contribution in [1.82, 2.24) is 0 Å². The van der Waals surface area contributed by atoms with Crippen LogP contribution < -0.4 is 10.2 Å². The first-order chi connectivity index (χ1) is 8.65. The predicted octanol–water partition coefficient (Wildman–Crippen LogP) is 2.09. The standard InChI is InChI=1S/C15H16BFO/c1-11(9-12-5-3-2-4-6-12)18-13-7-8-14(16)15(17)10-13/h2-8,10-11H,9,16H2,1H3. The molecule has 0 radical (unpaired) electrons. The van der Waals surface area contributed by atoms with Gasteiger partial charge in [-0.15, -0.1) is 0 Å². The van der Waals surface area contributed by atoms with E-state index in [0.29, 0.717) is 11.2 Å². The van der Waals surface area contributed by atoms with Gasteiger partial charge in [-0.25, -0.2) is 4.39 Å². The van der Waals surface area contributed by atoms with Gasteiger partial charge >= 0.3 is 0 Å². The van der Waals surface area contributed by atoms with Crippen molar-refractivity contribution in [2.75, 3.05) is 0 Å². The summed E-state index contributed by atoms with van der Waals surface area (Å²) >= 11 is 0. The summed E-state index contributed by atoms with van der Waals surface area (Å²) in [5.74, 6) is 0.362. The highest BCUT2D eigenvalue weighted by molar-refractivity contribution is 6.32. The molecule has 2 aromatic rings. The van der Waals surface area contributed by atoms with Crippen molar-refractivity contribution in [2.45, 2.75) is 19.4 Å². The normalized spacial score (nSPS) is 12.1. The molecule has 92 valence electrons. The fourth-order valence-corrected chi connectivity index (χ4v) is 1.87. The van der Waals surface area contributed by atoms with Crippen LogP contribution in [0.4, 0.5) is 4.39 Å². The van der Waals surface area contributed by atoms with Gasteiger partial charge in [0.25, 0.3) is 0 Å². The van der Waals surface area contributed by atoms with Gasteiger partial charge < -0.3 is 4.74 Å². The topological polar surface area (TPSA) is 9.23 Å². The van der Waals surface area contributed by atoms with E-state index < -0.39 is 0 Å². The number of benzene rings is 2.